The number of nitrogens with zero attached hydrogens (tertiary/aromatic N) is 1. The van der Waals surface area contributed by atoms with Crippen molar-refractivity contribution in [2.45, 2.75) is 6.04 Å². The van der Waals surface area contributed by atoms with Crippen molar-refractivity contribution in [1.29, 1.82) is 0 Å². The molecular formula is C19H13ClFNO5. The summed E-state index contributed by atoms with van der Waals surface area (Å²) in [6.07, 6.45) is 0. The van der Waals surface area contributed by atoms with Crippen LogP contribution in [0, 0.1) is 5.82 Å². The Kier molecular flexibility index (Phi) is 4.96. The zero-order valence-corrected chi connectivity index (χ0v) is 14.5. The van der Waals surface area contributed by atoms with E-state index in [-0.39, 0.29) is 11.1 Å². The Morgan fingerprint density at radius 2 is 1.63 bits per heavy atom. The molecule has 138 valence electrons. The predicted octanol–water partition coefficient (Wildman–Crippen LogP) is 2.99. The number of aliphatic hydroxyl groups excluding tert-OH is 1. The zero-order chi connectivity index (χ0) is 19.7. The molecule has 1 heterocycles. The minimum Gasteiger partial charge on any atom is -0.507 e. The van der Waals surface area contributed by atoms with Gasteiger partial charge in [-0.05, 0) is 42.0 Å². The molecule has 0 radical (unpaired) electrons. The first-order valence-corrected chi connectivity index (χ1v) is 8.19. The molecule has 2 aromatic rings. The van der Waals surface area contributed by atoms with Crippen molar-refractivity contribution in [3.05, 3.63) is 76.1 Å². The topological polar surface area (TPSA) is 94.9 Å². The number of aliphatic carboxylic acids is 1. The molecule has 0 aromatic heterocycles. The van der Waals surface area contributed by atoms with E-state index in [1.807, 2.05) is 0 Å². The van der Waals surface area contributed by atoms with Crippen LogP contribution < -0.4 is 0 Å². The number of rotatable bonds is 4. The number of carbonyl (C=O) groups is 3. The van der Waals surface area contributed by atoms with Gasteiger partial charge in [-0.15, -0.1) is 0 Å². The van der Waals surface area contributed by atoms with Gasteiger partial charge in [-0.2, -0.15) is 0 Å². The van der Waals surface area contributed by atoms with Crippen LogP contribution >= 0.6 is 11.6 Å². The Hall–Kier alpha value is -3.19. The Labute approximate surface area is 158 Å². The number of likely N-dealkylation sites (tertiary alicyclic amines) is 1. The van der Waals surface area contributed by atoms with Crippen molar-refractivity contribution in [2.24, 2.45) is 0 Å². The summed E-state index contributed by atoms with van der Waals surface area (Å²) >= 11 is 5.82. The van der Waals surface area contributed by atoms with Gasteiger partial charge in [0.1, 0.15) is 18.1 Å². The lowest BCUT2D eigenvalue weighted by Gasteiger charge is -2.23. The highest BCUT2D eigenvalue weighted by atomic mass is 35.5. The SMILES string of the molecule is O=C(O)CN1C(=O)C(=O)C(=C(O)c2ccc(Cl)cc2)[C@H]1c1ccc(F)cc1. The van der Waals surface area contributed by atoms with E-state index in [1.165, 1.54) is 36.4 Å². The summed E-state index contributed by atoms with van der Waals surface area (Å²) in [6, 6.07) is 9.67. The minimum atomic E-state index is -1.32. The van der Waals surface area contributed by atoms with E-state index in [0.29, 0.717) is 10.6 Å². The molecule has 0 aliphatic carbocycles. The van der Waals surface area contributed by atoms with E-state index < -0.39 is 41.8 Å². The van der Waals surface area contributed by atoms with Gasteiger partial charge in [0.05, 0.1) is 11.6 Å². The van der Waals surface area contributed by atoms with Gasteiger partial charge < -0.3 is 15.1 Å². The Morgan fingerprint density at radius 1 is 1.04 bits per heavy atom. The molecular weight excluding hydrogens is 377 g/mol. The van der Waals surface area contributed by atoms with E-state index >= 15 is 0 Å². The van der Waals surface area contributed by atoms with Crippen LogP contribution in [0.15, 0.2) is 54.1 Å². The highest BCUT2D eigenvalue weighted by Gasteiger charge is 2.46. The molecule has 2 aromatic carbocycles. The molecule has 6 nitrogen and oxygen atoms in total. The molecule has 1 atom stereocenters. The van der Waals surface area contributed by atoms with Gasteiger partial charge in [0.25, 0.3) is 11.7 Å². The molecule has 0 spiro atoms. The first-order valence-electron chi connectivity index (χ1n) is 7.81. The van der Waals surface area contributed by atoms with Crippen LogP contribution in [0.2, 0.25) is 5.02 Å². The Balaban J connectivity index is 2.19. The van der Waals surface area contributed by atoms with Gasteiger partial charge in [-0.3, -0.25) is 14.4 Å². The first kappa shape index (κ1) is 18.6. The highest BCUT2D eigenvalue weighted by Crippen LogP contribution is 2.39. The van der Waals surface area contributed by atoms with Crippen LogP contribution in [0.5, 0.6) is 0 Å². The average Bonchev–Trinajstić information content (AvgIpc) is 2.87. The second-order valence-corrected chi connectivity index (χ2v) is 6.32. The molecule has 1 aliphatic heterocycles. The number of aliphatic hydroxyl groups is 1. The third-order valence-electron chi connectivity index (χ3n) is 4.15. The minimum absolute atomic E-state index is 0.236. The maximum atomic E-state index is 13.3. The third-order valence-corrected chi connectivity index (χ3v) is 4.40. The molecule has 1 saturated heterocycles. The number of halogens is 2. The summed E-state index contributed by atoms with van der Waals surface area (Å²) < 4.78 is 13.3. The number of carboxylic acids is 1. The largest absolute Gasteiger partial charge is 0.507 e. The van der Waals surface area contributed by atoms with E-state index in [0.717, 1.165) is 17.0 Å². The predicted molar refractivity (Wildman–Crippen MR) is 94.5 cm³/mol. The molecule has 1 fully saturated rings. The molecule has 27 heavy (non-hydrogen) atoms. The highest BCUT2D eigenvalue weighted by molar-refractivity contribution is 6.46. The van der Waals surface area contributed by atoms with Gasteiger partial charge in [0.2, 0.25) is 0 Å². The smallest absolute Gasteiger partial charge is 0.323 e. The summed E-state index contributed by atoms with van der Waals surface area (Å²) in [7, 11) is 0. The average molecular weight is 390 g/mol. The molecule has 0 unspecified atom stereocenters. The maximum absolute atomic E-state index is 13.3. The zero-order valence-electron chi connectivity index (χ0n) is 13.7. The van der Waals surface area contributed by atoms with E-state index in [1.54, 1.807) is 0 Å². The molecule has 2 N–H and O–H groups in total. The molecule has 3 rings (SSSR count). The van der Waals surface area contributed by atoms with Crippen molar-refractivity contribution in [3.8, 4) is 0 Å². The summed E-state index contributed by atoms with van der Waals surface area (Å²) in [4.78, 5) is 36.9. The van der Waals surface area contributed by atoms with Gasteiger partial charge in [-0.25, -0.2) is 4.39 Å². The molecule has 1 amide bonds. The van der Waals surface area contributed by atoms with Gasteiger partial charge in [0, 0.05) is 10.6 Å². The number of benzene rings is 2. The second kappa shape index (κ2) is 7.20. The lowest BCUT2D eigenvalue weighted by Crippen LogP contribution is -2.34. The van der Waals surface area contributed by atoms with Crippen molar-refractivity contribution >= 4 is 35.0 Å². The van der Waals surface area contributed by atoms with Gasteiger partial charge in [-0.1, -0.05) is 23.7 Å². The molecule has 0 bridgehead atoms. The maximum Gasteiger partial charge on any atom is 0.323 e. The van der Waals surface area contributed by atoms with Crippen molar-refractivity contribution < 1.29 is 29.0 Å². The number of hydrogen-bond acceptors (Lipinski definition) is 4. The lowest BCUT2D eigenvalue weighted by molar-refractivity contribution is -0.146. The quantitative estimate of drug-likeness (QED) is 0.476. The van der Waals surface area contributed by atoms with Crippen molar-refractivity contribution in [2.75, 3.05) is 6.54 Å². The summed E-state index contributed by atoms with van der Waals surface area (Å²) in [5.41, 5.74) is 0.266. The monoisotopic (exact) mass is 389 g/mol. The molecule has 1 aliphatic rings. The number of carbonyl (C=O) groups excluding carboxylic acids is 2. The van der Waals surface area contributed by atoms with Crippen LogP contribution in [0.25, 0.3) is 5.76 Å². The van der Waals surface area contributed by atoms with E-state index in [4.69, 9.17) is 16.7 Å². The van der Waals surface area contributed by atoms with Crippen LogP contribution in [-0.2, 0) is 14.4 Å². The van der Waals surface area contributed by atoms with Crippen LogP contribution in [-0.4, -0.2) is 39.3 Å². The van der Waals surface area contributed by atoms with Crippen LogP contribution in [0.3, 0.4) is 0 Å². The fourth-order valence-electron chi connectivity index (χ4n) is 2.94. The summed E-state index contributed by atoms with van der Waals surface area (Å²) in [5, 5.41) is 20.2. The number of amides is 1. The summed E-state index contributed by atoms with van der Waals surface area (Å²) in [6.45, 7) is -0.746. The second-order valence-electron chi connectivity index (χ2n) is 5.88. The van der Waals surface area contributed by atoms with Crippen LogP contribution in [0.1, 0.15) is 17.2 Å². The van der Waals surface area contributed by atoms with Crippen molar-refractivity contribution in [3.63, 3.8) is 0 Å². The van der Waals surface area contributed by atoms with E-state index in [9.17, 15) is 23.9 Å². The number of ketones is 1. The number of hydrogen-bond donors (Lipinski definition) is 2. The van der Waals surface area contributed by atoms with Crippen molar-refractivity contribution in [1.82, 2.24) is 4.90 Å². The van der Waals surface area contributed by atoms with E-state index in [2.05, 4.69) is 0 Å². The van der Waals surface area contributed by atoms with Gasteiger partial charge >= 0.3 is 5.97 Å². The molecule has 8 heteroatoms. The number of carboxylic acid groups (broad SMARTS) is 1. The van der Waals surface area contributed by atoms with Gasteiger partial charge in [0.15, 0.2) is 0 Å². The number of Topliss-reactive ketones (excluding diaryl/α,β-unsaturated/α-hetero) is 1. The Morgan fingerprint density at radius 3 is 2.19 bits per heavy atom. The summed E-state index contributed by atoms with van der Waals surface area (Å²) in [5.74, 6) is -4.39. The fraction of sp³-hybridized carbons (Fsp3) is 0.105. The fourth-order valence-corrected chi connectivity index (χ4v) is 3.07. The first-order chi connectivity index (χ1) is 12.8. The Bertz CT molecular complexity index is 953. The van der Waals surface area contributed by atoms with Crippen LogP contribution in [0.4, 0.5) is 4.39 Å². The molecule has 0 saturated carbocycles. The standard InChI is InChI=1S/C19H13ClFNO5/c20-12-5-1-11(2-6-12)17(25)15-16(10-3-7-13(21)8-4-10)22(9-14(23)24)19(27)18(15)26/h1-8,16,25H,9H2,(H,23,24)/t16-/m1/s1. The normalized spacial score (nSPS) is 18.7. The third kappa shape index (κ3) is 3.54. The lowest BCUT2D eigenvalue weighted by atomic mass is 9.95.